The van der Waals surface area contributed by atoms with E-state index < -0.39 is 17.9 Å². The largest absolute Gasteiger partial charge is 0.480 e. The van der Waals surface area contributed by atoms with Gasteiger partial charge in [-0.1, -0.05) is 53.2 Å². The van der Waals surface area contributed by atoms with E-state index >= 15 is 0 Å². The van der Waals surface area contributed by atoms with Crippen LogP contribution in [0.5, 0.6) is 0 Å². The maximum atomic E-state index is 12.3. The van der Waals surface area contributed by atoms with E-state index in [0.29, 0.717) is 20.5 Å². The molecule has 0 saturated carbocycles. The van der Waals surface area contributed by atoms with E-state index in [9.17, 15) is 9.59 Å². The Balaban J connectivity index is 2.39. The van der Waals surface area contributed by atoms with Gasteiger partial charge >= 0.3 is 5.97 Å². The Kier molecular flexibility index (Phi) is 4.93. The van der Waals surface area contributed by atoms with Crippen LogP contribution in [0.25, 0.3) is 6.08 Å². The molecule has 1 aliphatic heterocycles. The van der Waals surface area contributed by atoms with E-state index in [2.05, 4.69) is 0 Å². The van der Waals surface area contributed by atoms with Gasteiger partial charge in [-0.15, -0.1) is 0 Å². The monoisotopic (exact) mass is 361 g/mol. The van der Waals surface area contributed by atoms with E-state index in [1.54, 1.807) is 18.2 Å². The molecule has 1 atom stereocenters. The molecule has 1 fully saturated rings. The van der Waals surface area contributed by atoms with Gasteiger partial charge in [-0.2, -0.15) is 0 Å². The molecule has 0 unspecified atom stereocenters. The van der Waals surface area contributed by atoms with Crippen LogP contribution in [0.2, 0.25) is 10.0 Å². The van der Waals surface area contributed by atoms with Gasteiger partial charge in [0.1, 0.15) is 10.4 Å². The average molecular weight is 362 g/mol. The third-order valence-electron chi connectivity index (χ3n) is 2.84. The van der Waals surface area contributed by atoms with Crippen LogP contribution in [0.4, 0.5) is 0 Å². The zero-order chi connectivity index (χ0) is 15.7. The third-order valence-corrected chi connectivity index (χ3v) is 4.83. The predicted molar refractivity (Wildman–Crippen MR) is 88.6 cm³/mol. The number of thioether (sulfide) groups is 1. The van der Waals surface area contributed by atoms with Crippen LogP contribution in [0.1, 0.15) is 12.5 Å². The molecular weight excluding hydrogens is 353 g/mol. The number of halogens is 2. The highest BCUT2D eigenvalue weighted by Crippen LogP contribution is 2.36. The minimum absolute atomic E-state index is 0.198. The summed E-state index contributed by atoms with van der Waals surface area (Å²) in [5.41, 5.74) is 0.504. The first-order valence-corrected chi connectivity index (χ1v) is 7.75. The molecule has 0 aromatic heterocycles. The van der Waals surface area contributed by atoms with Crippen molar-refractivity contribution in [2.45, 2.75) is 13.0 Å². The molecule has 4 nitrogen and oxygen atoms in total. The summed E-state index contributed by atoms with van der Waals surface area (Å²) in [6, 6.07) is 3.98. The van der Waals surface area contributed by atoms with Crippen LogP contribution >= 0.6 is 47.2 Å². The molecule has 0 aliphatic carbocycles. The topological polar surface area (TPSA) is 57.6 Å². The van der Waals surface area contributed by atoms with Crippen LogP contribution in [-0.4, -0.2) is 32.2 Å². The molecular formula is C13H9Cl2NO3S2. The van der Waals surface area contributed by atoms with Crippen molar-refractivity contribution in [1.82, 2.24) is 4.90 Å². The zero-order valence-electron chi connectivity index (χ0n) is 10.7. The van der Waals surface area contributed by atoms with Gasteiger partial charge in [-0.05, 0) is 25.1 Å². The zero-order valence-corrected chi connectivity index (χ0v) is 13.8. The van der Waals surface area contributed by atoms with Gasteiger partial charge in [0, 0.05) is 15.6 Å². The van der Waals surface area contributed by atoms with Crippen molar-refractivity contribution in [3.63, 3.8) is 0 Å². The second kappa shape index (κ2) is 6.36. The van der Waals surface area contributed by atoms with Crippen LogP contribution < -0.4 is 0 Å². The van der Waals surface area contributed by atoms with E-state index in [1.807, 2.05) is 0 Å². The first-order valence-electron chi connectivity index (χ1n) is 5.76. The second-order valence-electron chi connectivity index (χ2n) is 4.20. The van der Waals surface area contributed by atoms with Crippen LogP contribution in [0, 0.1) is 0 Å². The van der Waals surface area contributed by atoms with E-state index in [0.717, 1.165) is 16.7 Å². The lowest BCUT2D eigenvalue weighted by Crippen LogP contribution is -2.41. The van der Waals surface area contributed by atoms with Crippen molar-refractivity contribution < 1.29 is 14.7 Å². The molecule has 1 N–H and O–H groups in total. The Labute approximate surface area is 140 Å². The number of benzene rings is 1. The van der Waals surface area contributed by atoms with Crippen molar-refractivity contribution in [2.24, 2.45) is 0 Å². The predicted octanol–water partition coefficient (Wildman–Crippen LogP) is 3.67. The molecule has 0 bridgehead atoms. The fourth-order valence-corrected chi connectivity index (χ4v) is 3.61. The maximum Gasteiger partial charge on any atom is 0.326 e. The quantitative estimate of drug-likeness (QED) is 0.657. The highest BCUT2D eigenvalue weighted by Gasteiger charge is 2.38. The summed E-state index contributed by atoms with van der Waals surface area (Å²) < 4.78 is 0.198. The highest BCUT2D eigenvalue weighted by atomic mass is 35.5. The smallest absolute Gasteiger partial charge is 0.326 e. The Morgan fingerprint density at radius 2 is 2.00 bits per heavy atom. The lowest BCUT2D eigenvalue weighted by Gasteiger charge is -2.18. The molecule has 1 amide bonds. The number of rotatable bonds is 3. The van der Waals surface area contributed by atoms with Crippen LogP contribution in [-0.2, 0) is 9.59 Å². The van der Waals surface area contributed by atoms with Crippen molar-refractivity contribution in [1.29, 1.82) is 0 Å². The van der Waals surface area contributed by atoms with Crippen molar-refractivity contribution in [2.75, 3.05) is 0 Å². The van der Waals surface area contributed by atoms with Crippen molar-refractivity contribution >= 4 is 69.5 Å². The number of carbonyl (C=O) groups excluding carboxylic acids is 1. The molecule has 1 aromatic rings. The molecule has 0 spiro atoms. The molecule has 0 radical (unpaired) electrons. The summed E-state index contributed by atoms with van der Waals surface area (Å²) in [5.74, 6) is -1.58. The summed E-state index contributed by atoms with van der Waals surface area (Å²) in [7, 11) is 0. The lowest BCUT2D eigenvalue weighted by atomic mass is 10.2. The maximum absolute atomic E-state index is 12.3. The number of carboxylic acid groups (broad SMARTS) is 1. The number of aliphatic carboxylic acids is 1. The molecule has 1 aromatic carbocycles. The first-order chi connectivity index (χ1) is 9.82. The number of thiocarbonyl (C=S) groups is 1. The van der Waals surface area contributed by atoms with Gasteiger partial charge in [0.15, 0.2) is 0 Å². The van der Waals surface area contributed by atoms with Crippen molar-refractivity contribution in [3.8, 4) is 0 Å². The molecule has 21 heavy (non-hydrogen) atoms. The molecule has 1 heterocycles. The number of carboxylic acids is 1. The summed E-state index contributed by atoms with van der Waals surface area (Å²) in [5, 5.41) is 9.82. The number of hydrogen-bond acceptors (Lipinski definition) is 4. The van der Waals surface area contributed by atoms with Gasteiger partial charge in [0.05, 0.1) is 4.91 Å². The minimum atomic E-state index is -1.12. The third kappa shape index (κ3) is 3.23. The summed E-state index contributed by atoms with van der Waals surface area (Å²) in [6.45, 7) is 1.40. The van der Waals surface area contributed by atoms with Gasteiger partial charge in [-0.3, -0.25) is 9.69 Å². The second-order valence-corrected chi connectivity index (χ2v) is 6.69. The molecule has 2 rings (SSSR count). The van der Waals surface area contributed by atoms with Gasteiger partial charge in [0.25, 0.3) is 5.91 Å². The standard InChI is InChI=1S/C13H9Cl2NO3S2/c1-6(12(18)19)16-11(17)10(21-13(16)20)5-7-8(14)3-2-4-9(7)15/h2-6H,1H3,(H,18,19)/b10-5-/t6-/m0/s1. The summed E-state index contributed by atoms with van der Waals surface area (Å²) >= 11 is 18.2. The molecule has 110 valence electrons. The van der Waals surface area contributed by atoms with E-state index in [4.69, 9.17) is 40.5 Å². The van der Waals surface area contributed by atoms with Gasteiger partial charge in [-0.25, -0.2) is 4.79 Å². The Hall–Kier alpha value is -1.08. The SMILES string of the molecule is C[C@@H](C(=O)O)N1C(=O)/C(=C/c2c(Cl)cccc2Cl)SC1=S. The normalized spacial score (nSPS) is 18.4. The summed E-state index contributed by atoms with van der Waals surface area (Å²) in [6.07, 6.45) is 1.53. The van der Waals surface area contributed by atoms with Crippen LogP contribution in [0.15, 0.2) is 23.1 Å². The molecule has 1 aliphatic rings. The number of hydrogen-bond donors (Lipinski definition) is 1. The van der Waals surface area contributed by atoms with E-state index in [-0.39, 0.29) is 4.32 Å². The van der Waals surface area contributed by atoms with E-state index in [1.165, 1.54) is 13.0 Å². The van der Waals surface area contributed by atoms with Gasteiger partial charge < -0.3 is 5.11 Å². The fourth-order valence-electron chi connectivity index (χ4n) is 1.70. The number of amides is 1. The van der Waals surface area contributed by atoms with Crippen molar-refractivity contribution in [3.05, 3.63) is 38.7 Å². The average Bonchev–Trinajstić information content (AvgIpc) is 2.68. The Bertz CT molecular complexity index is 655. The Morgan fingerprint density at radius 3 is 2.52 bits per heavy atom. The van der Waals surface area contributed by atoms with Crippen LogP contribution in [0.3, 0.4) is 0 Å². The Morgan fingerprint density at radius 1 is 1.43 bits per heavy atom. The summed E-state index contributed by atoms with van der Waals surface area (Å²) in [4.78, 5) is 24.7. The molecule has 1 saturated heterocycles. The lowest BCUT2D eigenvalue weighted by molar-refractivity contribution is -0.144. The van der Waals surface area contributed by atoms with Gasteiger partial charge in [0.2, 0.25) is 0 Å². The fraction of sp³-hybridized carbons (Fsp3) is 0.154. The number of nitrogens with zero attached hydrogens (tertiary/aromatic N) is 1. The first kappa shape index (κ1) is 16.3. The molecule has 8 heteroatoms. The number of carbonyl (C=O) groups is 2. The highest BCUT2D eigenvalue weighted by molar-refractivity contribution is 8.26. The minimum Gasteiger partial charge on any atom is -0.480 e.